The lowest BCUT2D eigenvalue weighted by Crippen LogP contribution is -2.36. The van der Waals surface area contributed by atoms with Crippen molar-refractivity contribution in [3.63, 3.8) is 0 Å². The summed E-state index contributed by atoms with van der Waals surface area (Å²) in [5, 5.41) is 4.05. The predicted molar refractivity (Wildman–Crippen MR) is 88.1 cm³/mol. The van der Waals surface area contributed by atoms with Crippen LogP contribution < -0.4 is 5.32 Å². The first-order valence-corrected chi connectivity index (χ1v) is 7.66. The Morgan fingerprint density at radius 1 is 1.36 bits per heavy atom. The molecule has 1 aromatic carbocycles. The largest absolute Gasteiger partial charge is 0.468 e. The molecule has 2 rings (SSSR count). The van der Waals surface area contributed by atoms with Crippen LogP contribution in [-0.2, 0) is 11.3 Å². The lowest BCUT2D eigenvalue weighted by molar-refractivity contribution is -0.122. The van der Waals surface area contributed by atoms with Crippen molar-refractivity contribution in [2.75, 3.05) is 13.6 Å². The van der Waals surface area contributed by atoms with Crippen molar-refractivity contribution >= 4 is 29.1 Å². The molecule has 0 fully saturated rings. The summed E-state index contributed by atoms with van der Waals surface area (Å²) in [5.74, 6) is 0.747. The van der Waals surface area contributed by atoms with E-state index in [9.17, 15) is 4.79 Å². The lowest BCUT2D eigenvalue weighted by atomic mass is 10.1. The smallest absolute Gasteiger partial charge is 0.234 e. The highest BCUT2D eigenvalue weighted by Gasteiger charge is 2.14. The van der Waals surface area contributed by atoms with Gasteiger partial charge in [0.25, 0.3) is 0 Å². The Morgan fingerprint density at radius 3 is 2.77 bits per heavy atom. The highest BCUT2D eigenvalue weighted by atomic mass is 35.5. The van der Waals surface area contributed by atoms with Crippen LogP contribution in [0.15, 0.2) is 41.0 Å². The maximum Gasteiger partial charge on any atom is 0.234 e. The van der Waals surface area contributed by atoms with Gasteiger partial charge in [0.05, 0.1) is 25.4 Å². The predicted octanol–water partition coefficient (Wildman–Crippen LogP) is 3.90. The molecule has 118 valence electrons. The molecule has 1 amide bonds. The van der Waals surface area contributed by atoms with E-state index in [4.69, 9.17) is 27.6 Å². The molecule has 0 saturated heterocycles. The van der Waals surface area contributed by atoms with Gasteiger partial charge in [0.15, 0.2) is 0 Å². The zero-order valence-corrected chi connectivity index (χ0v) is 14.0. The molecule has 0 bridgehead atoms. The van der Waals surface area contributed by atoms with Gasteiger partial charge in [-0.3, -0.25) is 9.69 Å². The first-order valence-electron chi connectivity index (χ1n) is 6.91. The number of likely N-dealkylation sites (N-methyl/N-ethyl adjacent to an activating group) is 1. The third-order valence-electron chi connectivity index (χ3n) is 3.23. The van der Waals surface area contributed by atoms with E-state index in [1.54, 1.807) is 18.4 Å². The molecule has 0 radical (unpaired) electrons. The molecule has 0 aliphatic carbocycles. The van der Waals surface area contributed by atoms with Crippen LogP contribution in [0.25, 0.3) is 0 Å². The highest BCUT2D eigenvalue weighted by molar-refractivity contribution is 6.35. The summed E-state index contributed by atoms with van der Waals surface area (Å²) in [6.07, 6.45) is 1.62. The molecule has 22 heavy (non-hydrogen) atoms. The quantitative estimate of drug-likeness (QED) is 0.867. The minimum absolute atomic E-state index is 0.0763. The van der Waals surface area contributed by atoms with E-state index in [1.807, 2.05) is 37.1 Å². The second-order valence-corrected chi connectivity index (χ2v) is 6.05. The molecule has 0 unspecified atom stereocenters. The molecule has 0 aliphatic rings. The number of halogens is 2. The first-order chi connectivity index (χ1) is 10.5. The number of nitrogens with one attached hydrogen (secondary N) is 1. The third-order valence-corrected chi connectivity index (χ3v) is 3.79. The van der Waals surface area contributed by atoms with Crippen molar-refractivity contribution in [1.82, 2.24) is 10.2 Å². The SMILES string of the molecule is C[C@H](NC(=O)CN(C)Cc1ccco1)c1ccc(Cl)cc1Cl. The van der Waals surface area contributed by atoms with Crippen molar-refractivity contribution in [2.45, 2.75) is 19.5 Å². The summed E-state index contributed by atoms with van der Waals surface area (Å²) >= 11 is 12.0. The average Bonchev–Trinajstić information content (AvgIpc) is 2.90. The van der Waals surface area contributed by atoms with Crippen LogP contribution in [0.3, 0.4) is 0 Å². The molecule has 0 spiro atoms. The molecule has 1 atom stereocenters. The van der Waals surface area contributed by atoms with E-state index in [0.29, 0.717) is 16.6 Å². The minimum atomic E-state index is -0.186. The van der Waals surface area contributed by atoms with Gasteiger partial charge in [-0.05, 0) is 43.8 Å². The highest BCUT2D eigenvalue weighted by Crippen LogP contribution is 2.25. The van der Waals surface area contributed by atoms with Crippen molar-refractivity contribution < 1.29 is 9.21 Å². The Labute approximate surface area is 140 Å². The van der Waals surface area contributed by atoms with Crippen molar-refractivity contribution in [2.24, 2.45) is 0 Å². The lowest BCUT2D eigenvalue weighted by Gasteiger charge is -2.19. The fraction of sp³-hybridized carbons (Fsp3) is 0.312. The van der Waals surface area contributed by atoms with Crippen LogP contribution >= 0.6 is 23.2 Å². The van der Waals surface area contributed by atoms with E-state index in [2.05, 4.69) is 5.32 Å². The minimum Gasteiger partial charge on any atom is -0.468 e. The van der Waals surface area contributed by atoms with Crippen LogP contribution in [0.5, 0.6) is 0 Å². The molecule has 0 saturated carbocycles. The summed E-state index contributed by atoms with van der Waals surface area (Å²) in [4.78, 5) is 14.0. The van der Waals surface area contributed by atoms with Crippen molar-refractivity contribution in [3.8, 4) is 0 Å². The summed E-state index contributed by atoms with van der Waals surface area (Å²) in [6.45, 7) is 2.74. The number of rotatable bonds is 6. The maximum atomic E-state index is 12.1. The van der Waals surface area contributed by atoms with Gasteiger partial charge >= 0.3 is 0 Å². The van der Waals surface area contributed by atoms with Gasteiger partial charge in [-0.1, -0.05) is 29.3 Å². The molecule has 0 aliphatic heterocycles. The summed E-state index contributed by atoms with van der Waals surface area (Å²) in [7, 11) is 1.86. The molecule has 1 aromatic heterocycles. The van der Waals surface area contributed by atoms with Gasteiger partial charge in [-0.15, -0.1) is 0 Å². The van der Waals surface area contributed by atoms with Crippen molar-refractivity contribution in [1.29, 1.82) is 0 Å². The van der Waals surface area contributed by atoms with E-state index in [0.717, 1.165) is 11.3 Å². The monoisotopic (exact) mass is 340 g/mol. The Hall–Kier alpha value is -1.49. The zero-order valence-electron chi connectivity index (χ0n) is 12.5. The number of hydrogen-bond donors (Lipinski definition) is 1. The van der Waals surface area contributed by atoms with Crippen LogP contribution in [0, 0.1) is 0 Å². The second-order valence-electron chi connectivity index (χ2n) is 5.21. The number of carbonyl (C=O) groups is 1. The van der Waals surface area contributed by atoms with E-state index in [-0.39, 0.29) is 18.5 Å². The van der Waals surface area contributed by atoms with Crippen LogP contribution in [0.2, 0.25) is 10.0 Å². The van der Waals surface area contributed by atoms with E-state index < -0.39 is 0 Å². The number of benzene rings is 1. The van der Waals surface area contributed by atoms with Crippen LogP contribution in [-0.4, -0.2) is 24.4 Å². The van der Waals surface area contributed by atoms with E-state index >= 15 is 0 Å². The van der Waals surface area contributed by atoms with Gasteiger partial charge in [0.1, 0.15) is 5.76 Å². The topological polar surface area (TPSA) is 45.5 Å². The normalized spacial score (nSPS) is 12.4. The molecule has 1 N–H and O–H groups in total. The molecule has 4 nitrogen and oxygen atoms in total. The standard InChI is InChI=1S/C16H18Cl2N2O2/c1-11(14-6-5-12(17)8-15(14)18)19-16(21)10-20(2)9-13-4-3-7-22-13/h3-8,11H,9-10H2,1-2H3,(H,19,21)/t11-/m0/s1. The number of hydrogen-bond acceptors (Lipinski definition) is 3. The van der Waals surface area contributed by atoms with Gasteiger partial charge in [0, 0.05) is 10.0 Å². The molecule has 6 heteroatoms. The van der Waals surface area contributed by atoms with Gasteiger partial charge in [-0.2, -0.15) is 0 Å². The molecular formula is C16H18Cl2N2O2. The summed E-state index contributed by atoms with van der Waals surface area (Å²) < 4.78 is 5.26. The van der Waals surface area contributed by atoms with E-state index in [1.165, 1.54) is 0 Å². The average molecular weight is 341 g/mol. The van der Waals surface area contributed by atoms with Crippen molar-refractivity contribution in [3.05, 3.63) is 58.0 Å². The summed E-state index contributed by atoms with van der Waals surface area (Å²) in [6, 6.07) is 8.77. The second kappa shape index (κ2) is 7.68. The van der Waals surface area contributed by atoms with Gasteiger partial charge in [0.2, 0.25) is 5.91 Å². The maximum absolute atomic E-state index is 12.1. The number of nitrogens with zero attached hydrogens (tertiary/aromatic N) is 1. The number of amides is 1. The first kappa shape index (κ1) is 16.9. The number of furan rings is 1. The van der Waals surface area contributed by atoms with Gasteiger partial charge in [-0.25, -0.2) is 0 Å². The Morgan fingerprint density at radius 2 is 2.14 bits per heavy atom. The number of carbonyl (C=O) groups excluding carboxylic acids is 1. The Kier molecular flexibility index (Phi) is 5.89. The van der Waals surface area contributed by atoms with Crippen LogP contribution in [0.4, 0.5) is 0 Å². The molecule has 2 aromatic rings. The Bertz CT molecular complexity index is 629. The molecule has 1 heterocycles. The summed E-state index contributed by atoms with van der Waals surface area (Å²) in [5.41, 5.74) is 0.841. The zero-order chi connectivity index (χ0) is 16.1. The third kappa shape index (κ3) is 4.77. The van der Waals surface area contributed by atoms with Gasteiger partial charge < -0.3 is 9.73 Å². The van der Waals surface area contributed by atoms with Crippen LogP contribution in [0.1, 0.15) is 24.3 Å². The molecular weight excluding hydrogens is 323 g/mol. The fourth-order valence-corrected chi connectivity index (χ4v) is 2.76. The Balaban J connectivity index is 1.88. The fourth-order valence-electron chi connectivity index (χ4n) is 2.19.